The maximum Gasteiger partial charge on any atom is 0.226 e. The fourth-order valence-electron chi connectivity index (χ4n) is 3.04. The molecule has 0 spiro atoms. The summed E-state index contributed by atoms with van der Waals surface area (Å²) < 4.78 is 1.69. The van der Waals surface area contributed by atoms with Gasteiger partial charge in [0.2, 0.25) is 11.3 Å². The zero-order chi connectivity index (χ0) is 17.9. The number of anilines is 1. The summed E-state index contributed by atoms with van der Waals surface area (Å²) in [5.74, 6) is -0.0927. The summed E-state index contributed by atoms with van der Waals surface area (Å²) >= 11 is 0. The lowest BCUT2D eigenvalue weighted by atomic mass is 10.1. The first-order valence-corrected chi connectivity index (χ1v) is 8.44. The highest BCUT2D eigenvalue weighted by atomic mass is 16.1. The molecule has 0 aliphatic heterocycles. The average Bonchev–Trinajstić information content (AvgIpc) is 2.68. The van der Waals surface area contributed by atoms with E-state index in [1.165, 1.54) is 6.20 Å². The minimum absolute atomic E-state index is 0.0927. The Morgan fingerprint density at radius 2 is 1.73 bits per heavy atom. The van der Waals surface area contributed by atoms with Crippen LogP contribution in [0.15, 0.2) is 77.7 Å². The van der Waals surface area contributed by atoms with Gasteiger partial charge < -0.3 is 5.32 Å². The number of carbonyl (C=O) groups is 1. The molecule has 5 nitrogen and oxygen atoms in total. The van der Waals surface area contributed by atoms with Crippen molar-refractivity contribution >= 4 is 33.3 Å². The van der Waals surface area contributed by atoms with Gasteiger partial charge >= 0.3 is 0 Å². The molecule has 0 radical (unpaired) electrons. The predicted molar refractivity (Wildman–Crippen MR) is 103 cm³/mol. The van der Waals surface area contributed by atoms with Gasteiger partial charge in [0.05, 0.1) is 18.3 Å². The van der Waals surface area contributed by atoms with Crippen LogP contribution in [0.5, 0.6) is 0 Å². The number of aromatic nitrogens is 2. The van der Waals surface area contributed by atoms with Gasteiger partial charge in [-0.25, -0.2) is 0 Å². The van der Waals surface area contributed by atoms with Gasteiger partial charge in [0.1, 0.15) is 0 Å². The molecular formula is C21H17N3O2. The fourth-order valence-corrected chi connectivity index (χ4v) is 3.04. The Bertz CT molecular complexity index is 1160. The van der Waals surface area contributed by atoms with E-state index in [2.05, 4.69) is 10.4 Å². The smallest absolute Gasteiger partial charge is 0.226 e. The number of benzene rings is 3. The van der Waals surface area contributed by atoms with Crippen molar-refractivity contribution < 1.29 is 4.79 Å². The van der Waals surface area contributed by atoms with Crippen LogP contribution in [0.4, 0.5) is 5.69 Å². The monoisotopic (exact) mass is 343 g/mol. The van der Waals surface area contributed by atoms with Gasteiger partial charge in [0.15, 0.2) is 0 Å². The van der Waals surface area contributed by atoms with Gasteiger partial charge in [-0.2, -0.15) is 5.10 Å². The highest BCUT2D eigenvalue weighted by Gasteiger charge is 2.07. The van der Waals surface area contributed by atoms with Crippen molar-refractivity contribution in [2.45, 2.75) is 13.0 Å². The number of carbonyl (C=O) groups excluding carboxylic acids is 1. The highest BCUT2D eigenvalue weighted by Crippen LogP contribution is 2.19. The molecule has 5 heteroatoms. The summed E-state index contributed by atoms with van der Waals surface area (Å²) in [5, 5.41) is 9.90. The van der Waals surface area contributed by atoms with E-state index in [1.807, 2.05) is 60.7 Å². The third kappa shape index (κ3) is 3.19. The molecule has 3 aromatic carbocycles. The zero-order valence-corrected chi connectivity index (χ0v) is 14.1. The number of hydrogen-bond donors (Lipinski definition) is 1. The van der Waals surface area contributed by atoms with Crippen molar-refractivity contribution in [1.82, 2.24) is 9.78 Å². The minimum Gasteiger partial charge on any atom is -0.326 e. The van der Waals surface area contributed by atoms with E-state index in [4.69, 9.17) is 0 Å². The Kier molecular flexibility index (Phi) is 4.19. The largest absolute Gasteiger partial charge is 0.326 e. The molecule has 4 aromatic rings. The number of rotatable bonds is 4. The first-order valence-electron chi connectivity index (χ1n) is 8.44. The molecule has 0 bridgehead atoms. The van der Waals surface area contributed by atoms with E-state index >= 15 is 0 Å². The molecule has 0 saturated carbocycles. The topological polar surface area (TPSA) is 64.0 Å². The normalized spacial score (nSPS) is 10.9. The number of fused-ring (bicyclic) bond motifs is 2. The average molecular weight is 343 g/mol. The second-order valence-corrected chi connectivity index (χ2v) is 6.11. The summed E-state index contributed by atoms with van der Waals surface area (Å²) in [6.07, 6.45) is 1.57. The molecule has 0 aliphatic rings. The maximum absolute atomic E-state index is 12.3. The Morgan fingerprint density at radius 1 is 0.962 bits per heavy atom. The molecule has 1 amide bonds. The Balaban J connectivity index is 1.48. The van der Waals surface area contributed by atoms with Gasteiger partial charge in [-0.05, 0) is 35.0 Å². The summed E-state index contributed by atoms with van der Waals surface area (Å²) in [4.78, 5) is 24.2. The van der Waals surface area contributed by atoms with Gasteiger partial charge in [0, 0.05) is 17.5 Å². The Morgan fingerprint density at radius 3 is 2.62 bits per heavy atom. The third-order valence-electron chi connectivity index (χ3n) is 4.35. The summed E-state index contributed by atoms with van der Waals surface area (Å²) in [7, 11) is 0. The molecule has 0 unspecified atom stereocenters. The SMILES string of the molecule is O=C(CCn1ncc(=O)c2ccccc21)Nc1ccc2ccccc2c1. The summed E-state index contributed by atoms with van der Waals surface area (Å²) in [6.45, 7) is 0.403. The van der Waals surface area contributed by atoms with Gasteiger partial charge in [-0.1, -0.05) is 42.5 Å². The summed E-state index contributed by atoms with van der Waals surface area (Å²) in [6, 6.07) is 21.1. The van der Waals surface area contributed by atoms with Crippen LogP contribution in [0.25, 0.3) is 21.7 Å². The summed E-state index contributed by atoms with van der Waals surface area (Å²) in [5.41, 5.74) is 1.39. The van der Waals surface area contributed by atoms with Crippen LogP contribution in [0.2, 0.25) is 0 Å². The fraction of sp³-hybridized carbons (Fsp3) is 0.0952. The van der Waals surface area contributed by atoms with Crippen LogP contribution in [-0.4, -0.2) is 15.7 Å². The number of hydrogen-bond acceptors (Lipinski definition) is 3. The van der Waals surface area contributed by atoms with Gasteiger partial charge in [-0.15, -0.1) is 0 Å². The molecule has 26 heavy (non-hydrogen) atoms. The lowest BCUT2D eigenvalue weighted by molar-refractivity contribution is -0.116. The molecule has 4 rings (SSSR count). The molecule has 1 aromatic heterocycles. The number of para-hydroxylation sites is 1. The van der Waals surface area contributed by atoms with Gasteiger partial charge in [-0.3, -0.25) is 14.3 Å². The van der Waals surface area contributed by atoms with Crippen molar-refractivity contribution in [2.75, 3.05) is 5.32 Å². The lowest BCUT2D eigenvalue weighted by Gasteiger charge is -2.10. The third-order valence-corrected chi connectivity index (χ3v) is 4.35. The van der Waals surface area contributed by atoms with Crippen LogP contribution in [0, 0.1) is 0 Å². The number of aryl methyl sites for hydroxylation is 1. The highest BCUT2D eigenvalue weighted by molar-refractivity contribution is 5.94. The van der Waals surface area contributed by atoms with Crippen LogP contribution in [-0.2, 0) is 11.3 Å². The van der Waals surface area contributed by atoms with Crippen LogP contribution in [0.1, 0.15) is 6.42 Å². The van der Waals surface area contributed by atoms with Crippen molar-refractivity contribution in [2.24, 2.45) is 0 Å². The van der Waals surface area contributed by atoms with Crippen LogP contribution in [0.3, 0.4) is 0 Å². The number of amides is 1. The van der Waals surface area contributed by atoms with E-state index in [9.17, 15) is 9.59 Å². The van der Waals surface area contributed by atoms with Crippen LogP contribution >= 0.6 is 0 Å². The maximum atomic E-state index is 12.3. The predicted octanol–water partition coefficient (Wildman–Crippen LogP) is 3.58. The standard InChI is InChI=1S/C21H17N3O2/c25-20-14-22-24(19-8-4-3-7-18(19)20)12-11-21(26)23-17-10-9-15-5-1-2-6-16(15)13-17/h1-10,13-14H,11-12H2,(H,23,26). The van der Waals surface area contributed by atoms with E-state index in [1.54, 1.807) is 10.7 Å². The van der Waals surface area contributed by atoms with Crippen LogP contribution < -0.4 is 10.7 Å². The van der Waals surface area contributed by atoms with Crippen molar-refractivity contribution in [3.05, 3.63) is 83.2 Å². The minimum atomic E-state index is -0.113. The molecule has 0 atom stereocenters. The molecular weight excluding hydrogens is 326 g/mol. The number of nitrogens with one attached hydrogen (secondary N) is 1. The number of nitrogens with zero attached hydrogens (tertiary/aromatic N) is 2. The molecule has 1 N–H and O–H groups in total. The quantitative estimate of drug-likeness (QED) is 0.616. The van der Waals surface area contributed by atoms with Crippen molar-refractivity contribution in [3.8, 4) is 0 Å². The molecule has 0 aliphatic carbocycles. The Hall–Kier alpha value is -3.47. The second kappa shape index (κ2) is 6.80. The van der Waals surface area contributed by atoms with E-state index in [0.29, 0.717) is 11.9 Å². The van der Waals surface area contributed by atoms with Crippen molar-refractivity contribution in [3.63, 3.8) is 0 Å². The van der Waals surface area contributed by atoms with E-state index in [0.717, 1.165) is 22.0 Å². The second-order valence-electron chi connectivity index (χ2n) is 6.11. The van der Waals surface area contributed by atoms with Gasteiger partial charge in [0.25, 0.3) is 0 Å². The first kappa shape index (κ1) is 16.0. The molecule has 0 fully saturated rings. The molecule has 1 heterocycles. The van der Waals surface area contributed by atoms with Crippen molar-refractivity contribution in [1.29, 1.82) is 0 Å². The first-order chi connectivity index (χ1) is 12.7. The Labute approximate surface area is 149 Å². The van der Waals surface area contributed by atoms with E-state index in [-0.39, 0.29) is 17.8 Å². The lowest BCUT2D eigenvalue weighted by Crippen LogP contribution is -2.18. The molecule has 128 valence electrons. The van der Waals surface area contributed by atoms with E-state index < -0.39 is 0 Å². The molecule has 0 saturated heterocycles. The zero-order valence-electron chi connectivity index (χ0n) is 14.1.